The molecule has 0 unspecified atom stereocenters. The molecule has 0 aromatic heterocycles. The van der Waals surface area contributed by atoms with Crippen molar-refractivity contribution in [1.29, 1.82) is 0 Å². The van der Waals surface area contributed by atoms with Crippen molar-refractivity contribution in [2.24, 2.45) is 0 Å². The average Bonchev–Trinajstić information content (AvgIpc) is 2.66. The summed E-state index contributed by atoms with van der Waals surface area (Å²) < 4.78 is 5.45. The number of halogens is 1. The van der Waals surface area contributed by atoms with Crippen LogP contribution in [0, 0.1) is 0 Å². The minimum absolute atomic E-state index is 0.0493. The maximum atomic E-state index is 12.9. The maximum absolute atomic E-state index is 12.9. The molecule has 1 heterocycles. The summed E-state index contributed by atoms with van der Waals surface area (Å²) >= 11 is 5.93. The van der Waals surface area contributed by atoms with Crippen molar-refractivity contribution in [3.05, 3.63) is 64.2 Å². The second kappa shape index (κ2) is 8.15. The number of aromatic carboxylic acids is 1. The van der Waals surface area contributed by atoms with Crippen LogP contribution in [0.2, 0.25) is 5.02 Å². The third kappa shape index (κ3) is 4.12. The first-order valence-electron chi connectivity index (χ1n) is 8.49. The largest absolute Gasteiger partial charge is 0.493 e. The number of nitrogens with one attached hydrogen (secondary N) is 1. The van der Waals surface area contributed by atoms with Gasteiger partial charge >= 0.3 is 12.0 Å². The topological polar surface area (TPSA) is 113 Å². The highest BCUT2D eigenvalue weighted by atomic mass is 35.5. The molecule has 1 saturated heterocycles. The van der Waals surface area contributed by atoms with E-state index in [1.54, 1.807) is 19.1 Å². The molecule has 1 aliphatic rings. The van der Waals surface area contributed by atoms with Crippen molar-refractivity contribution in [3.8, 4) is 5.75 Å². The zero-order chi connectivity index (χ0) is 21.1. The molecule has 29 heavy (non-hydrogen) atoms. The van der Waals surface area contributed by atoms with Crippen LogP contribution in [0.1, 0.15) is 22.8 Å². The van der Waals surface area contributed by atoms with E-state index < -0.39 is 23.8 Å². The zero-order valence-electron chi connectivity index (χ0n) is 15.1. The Labute approximate surface area is 170 Å². The number of amides is 4. The number of hydrogen-bond acceptors (Lipinski definition) is 5. The molecule has 2 aromatic carbocycles. The van der Waals surface area contributed by atoms with Gasteiger partial charge in [-0.3, -0.25) is 14.9 Å². The van der Waals surface area contributed by atoms with Gasteiger partial charge in [0.05, 0.1) is 17.9 Å². The molecule has 4 amide bonds. The quantitative estimate of drug-likeness (QED) is 0.574. The highest BCUT2D eigenvalue weighted by Gasteiger charge is 2.37. The Morgan fingerprint density at radius 1 is 1.21 bits per heavy atom. The molecule has 9 heteroatoms. The van der Waals surface area contributed by atoms with Gasteiger partial charge in [-0.1, -0.05) is 17.7 Å². The fourth-order valence-corrected chi connectivity index (χ4v) is 2.93. The lowest BCUT2D eigenvalue weighted by Crippen LogP contribution is -2.54. The van der Waals surface area contributed by atoms with Gasteiger partial charge in [0.1, 0.15) is 11.3 Å². The molecule has 1 fully saturated rings. The van der Waals surface area contributed by atoms with Crippen LogP contribution in [0.25, 0.3) is 6.08 Å². The number of barbiturate groups is 1. The van der Waals surface area contributed by atoms with Crippen molar-refractivity contribution in [2.45, 2.75) is 6.92 Å². The predicted octanol–water partition coefficient (Wildman–Crippen LogP) is 3.10. The molecule has 0 spiro atoms. The van der Waals surface area contributed by atoms with Gasteiger partial charge in [-0.15, -0.1) is 0 Å². The molecule has 0 saturated carbocycles. The van der Waals surface area contributed by atoms with Gasteiger partial charge in [-0.05, 0) is 49.4 Å². The van der Waals surface area contributed by atoms with Gasteiger partial charge in [-0.2, -0.15) is 0 Å². The van der Waals surface area contributed by atoms with Crippen molar-refractivity contribution >= 4 is 47.2 Å². The van der Waals surface area contributed by atoms with Gasteiger partial charge in [0.25, 0.3) is 11.8 Å². The lowest BCUT2D eigenvalue weighted by atomic mass is 10.0. The minimum Gasteiger partial charge on any atom is -0.493 e. The van der Waals surface area contributed by atoms with Crippen LogP contribution >= 0.6 is 11.6 Å². The van der Waals surface area contributed by atoms with E-state index in [9.17, 15) is 24.3 Å². The Kier molecular flexibility index (Phi) is 5.65. The number of benzene rings is 2. The van der Waals surface area contributed by atoms with Crippen LogP contribution in [0.5, 0.6) is 5.75 Å². The van der Waals surface area contributed by atoms with Crippen molar-refractivity contribution in [3.63, 3.8) is 0 Å². The van der Waals surface area contributed by atoms with Gasteiger partial charge in [0, 0.05) is 10.6 Å². The summed E-state index contributed by atoms with van der Waals surface area (Å²) in [6.07, 6.45) is 1.19. The van der Waals surface area contributed by atoms with E-state index in [2.05, 4.69) is 5.32 Å². The molecular weight excluding hydrogens is 400 g/mol. The van der Waals surface area contributed by atoms with Gasteiger partial charge in [-0.25, -0.2) is 14.5 Å². The van der Waals surface area contributed by atoms with Crippen LogP contribution in [-0.4, -0.2) is 35.5 Å². The fourth-order valence-electron chi connectivity index (χ4n) is 2.74. The van der Waals surface area contributed by atoms with E-state index in [1.165, 1.54) is 36.4 Å². The summed E-state index contributed by atoms with van der Waals surface area (Å²) in [7, 11) is 0. The van der Waals surface area contributed by atoms with E-state index in [0.29, 0.717) is 5.02 Å². The average molecular weight is 415 g/mol. The summed E-state index contributed by atoms with van der Waals surface area (Å²) in [5.74, 6) is -2.66. The molecule has 3 rings (SSSR count). The molecule has 1 aliphatic heterocycles. The summed E-state index contributed by atoms with van der Waals surface area (Å²) in [4.78, 5) is 49.5. The van der Waals surface area contributed by atoms with Gasteiger partial charge in [0.15, 0.2) is 0 Å². The summed E-state index contributed by atoms with van der Waals surface area (Å²) in [6.45, 7) is 2.02. The second-order valence-corrected chi connectivity index (χ2v) is 6.36. The third-order valence-corrected chi connectivity index (χ3v) is 4.26. The number of urea groups is 1. The number of carbonyl (C=O) groups is 4. The van der Waals surface area contributed by atoms with Crippen LogP contribution < -0.4 is 15.0 Å². The monoisotopic (exact) mass is 414 g/mol. The van der Waals surface area contributed by atoms with E-state index in [1.807, 2.05) is 0 Å². The molecule has 8 nitrogen and oxygen atoms in total. The Morgan fingerprint density at radius 2 is 1.97 bits per heavy atom. The number of nitrogens with zero attached hydrogens (tertiary/aromatic N) is 1. The number of ether oxygens (including phenoxy) is 1. The van der Waals surface area contributed by atoms with Crippen molar-refractivity contribution in [1.82, 2.24) is 5.32 Å². The number of imide groups is 2. The summed E-state index contributed by atoms with van der Waals surface area (Å²) in [5.41, 5.74) is -0.00632. The second-order valence-electron chi connectivity index (χ2n) is 5.93. The molecular formula is C20H15ClN2O6. The molecule has 0 atom stereocenters. The number of carboxylic acid groups (broad SMARTS) is 1. The Hall–Kier alpha value is -3.65. The lowest BCUT2D eigenvalue weighted by molar-refractivity contribution is -0.122. The first-order chi connectivity index (χ1) is 13.8. The summed E-state index contributed by atoms with van der Waals surface area (Å²) in [5, 5.41) is 11.6. The van der Waals surface area contributed by atoms with E-state index >= 15 is 0 Å². The standard InChI is InChI=1S/C20H15ClN2O6/c1-2-29-16-7-6-11(19(26)27)8-12(16)9-15-17(24)22-20(28)23(18(15)25)14-5-3-4-13(21)10-14/h3-10H,2H2,1H3,(H,26,27)(H,22,24,28)/b15-9+. The molecule has 0 bridgehead atoms. The third-order valence-electron chi connectivity index (χ3n) is 4.02. The first kappa shape index (κ1) is 20.1. The molecule has 0 radical (unpaired) electrons. The van der Waals surface area contributed by atoms with Crippen LogP contribution in [0.3, 0.4) is 0 Å². The maximum Gasteiger partial charge on any atom is 0.335 e. The molecule has 2 aromatic rings. The van der Waals surface area contributed by atoms with E-state index in [4.69, 9.17) is 16.3 Å². The number of carbonyl (C=O) groups excluding carboxylic acids is 3. The van der Waals surface area contributed by atoms with Gasteiger partial charge < -0.3 is 9.84 Å². The normalized spacial score (nSPS) is 15.4. The molecule has 2 N–H and O–H groups in total. The smallest absolute Gasteiger partial charge is 0.335 e. The SMILES string of the molecule is CCOc1ccc(C(=O)O)cc1/C=C1\C(=O)NC(=O)N(c2cccc(Cl)c2)C1=O. The minimum atomic E-state index is -1.18. The van der Waals surface area contributed by atoms with Crippen LogP contribution in [0.4, 0.5) is 10.5 Å². The van der Waals surface area contributed by atoms with E-state index in [0.717, 1.165) is 4.90 Å². The van der Waals surface area contributed by atoms with Crippen molar-refractivity contribution in [2.75, 3.05) is 11.5 Å². The number of carboxylic acids is 1. The lowest BCUT2D eigenvalue weighted by Gasteiger charge is -2.26. The van der Waals surface area contributed by atoms with Crippen LogP contribution in [0.15, 0.2) is 48.0 Å². The Balaban J connectivity index is 2.09. The van der Waals surface area contributed by atoms with Crippen LogP contribution in [-0.2, 0) is 9.59 Å². The van der Waals surface area contributed by atoms with Gasteiger partial charge in [0.2, 0.25) is 0 Å². The highest BCUT2D eigenvalue weighted by Crippen LogP contribution is 2.27. The predicted molar refractivity (Wildman–Crippen MR) is 105 cm³/mol. The zero-order valence-corrected chi connectivity index (χ0v) is 15.9. The molecule has 0 aliphatic carbocycles. The van der Waals surface area contributed by atoms with E-state index in [-0.39, 0.29) is 34.7 Å². The number of hydrogen-bond donors (Lipinski definition) is 2. The fraction of sp³-hybridized carbons (Fsp3) is 0.100. The Morgan fingerprint density at radius 3 is 2.62 bits per heavy atom. The van der Waals surface area contributed by atoms with Crippen molar-refractivity contribution < 1.29 is 29.0 Å². The number of rotatable bonds is 5. The number of anilines is 1. The highest BCUT2D eigenvalue weighted by molar-refractivity contribution is 6.39. The Bertz CT molecular complexity index is 1060. The molecule has 148 valence electrons. The first-order valence-corrected chi connectivity index (χ1v) is 8.86. The summed E-state index contributed by atoms with van der Waals surface area (Å²) in [6, 6.07) is 9.18.